The van der Waals surface area contributed by atoms with Gasteiger partial charge in [0, 0.05) is 26.2 Å². The number of hydrogen-bond acceptors (Lipinski definition) is 3. The fraction of sp³-hybridized carbons (Fsp3) is 0.333. The van der Waals surface area contributed by atoms with Gasteiger partial charge in [-0.2, -0.15) is 0 Å². The number of furan rings is 1. The molecular weight excluding hydrogens is 260 g/mol. The van der Waals surface area contributed by atoms with Crippen molar-refractivity contribution in [3.8, 4) is 0 Å². The summed E-state index contributed by atoms with van der Waals surface area (Å²) in [5.41, 5.74) is 2.00. The molecule has 0 amide bonds. The summed E-state index contributed by atoms with van der Waals surface area (Å²) in [7, 11) is 3.95. The fourth-order valence-corrected chi connectivity index (χ4v) is 2.23. The summed E-state index contributed by atoms with van der Waals surface area (Å²) < 4.78 is 5.64. The maximum Gasteiger partial charge on any atom is 0.123 e. The van der Waals surface area contributed by atoms with Crippen molar-refractivity contribution in [3.05, 3.63) is 46.9 Å². The summed E-state index contributed by atoms with van der Waals surface area (Å²) in [5.74, 6) is 1.95. The van der Waals surface area contributed by atoms with Gasteiger partial charge in [0.05, 0.1) is 17.3 Å². The highest BCUT2D eigenvalue weighted by Gasteiger charge is 2.04. The molecule has 0 bridgehead atoms. The van der Waals surface area contributed by atoms with E-state index in [1.54, 1.807) is 0 Å². The topological polar surface area (TPSA) is 28.4 Å². The molecule has 0 aliphatic rings. The molecular formula is C15H19ClN2O. The number of rotatable bonds is 5. The molecule has 102 valence electrons. The molecule has 0 unspecified atom stereocenters. The molecule has 2 aromatic rings. The first-order valence-electron chi connectivity index (χ1n) is 6.38. The third kappa shape index (κ3) is 3.44. The van der Waals surface area contributed by atoms with Crippen molar-refractivity contribution in [2.45, 2.75) is 19.9 Å². The van der Waals surface area contributed by atoms with Crippen LogP contribution in [0.4, 0.5) is 11.4 Å². The highest BCUT2D eigenvalue weighted by molar-refractivity contribution is 6.33. The van der Waals surface area contributed by atoms with Crippen LogP contribution in [-0.4, -0.2) is 14.1 Å². The van der Waals surface area contributed by atoms with Crippen LogP contribution < -0.4 is 10.2 Å². The van der Waals surface area contributed by atoms with Crippen molar-refractivity contribution in [3.63, 3.8) is 0 Å². The number of aryl methyl sites for hydroxylation is 1. The lowest BCUT2D eigenvalue weighted by Crippen LogP contribution is -2.09. The highest BCUT2D eigenvalue weighted by atomic mass is 35.5. The predicted molar refractivity (Wildman–Crippen MR) is 81.2 cm³/mol. The molecule has 0 atom stereocenters. The van der Waals surface area contributed by atoms with E-state index in [-0.39, 0.29) is 0 Å². The maximum absolute atomic E-state index is 6.23. The molecule has 1 heterocycles. The van der Waals surface area contributed by atoms with Gasteiger partial charge in [0.1, 0.15) is 11.5 Å². The lowest BCUT2D eigenvalue weighted by Gasteiger charge is -2.15. The molecule has 3 nitrogen and oxygen atoms in total. The van der Waals surface area contributed by atoms with E-state index in [1.165, 1.54) is 0 Å². The number of halogens is 1. The smallest absolute Gasteiger partial charge is 0.123 e. The Morgan fingerprint density at radius 2 is 1.89 bits per heavy atom. The minimum atomic E-state index is 0.664. The van der Waals surface area contributed by atoms with Crippen LogP contribution >= 0.6 is 11.6 Å². The van der Waals surface area contributed by atoms with Crippen LogP contribution in [0.25, 0.3) is 0 Å². The van der Waals surface area contributed by atoms with Gasteiger partial charge in [0.25, 0.3) is 0 Å². The van der Waals surface area contributed by atoms with Gasteiger partial charge in [-0.25, -0.2) is 0 Å². The zero-order valence-corrected chi connectivity index (χ0v) is 12.3. The van der Waals surface area contributed by atoms with Crippen molar-refractivity contribution in [1.82, 2.24) is 0 Å². The third-order valence-electron chi connectivity index (χ3n) is 2.96. The molecule has 0 aliphatic carbocycles. The zero-order valence-electron chi connectivity index (χ0n) is 11.5. The van der Waals surface area contributed by atoms with E-state index in [4.69, 9.17) is 16.0 Å². The summed E-state index contributed by atoms with van der Waals surface area (Å²) in [6.07, 6.45) is 0.920. The summed E-state index contributed by atoms with van der Waals surface area (Å²) in [6.45, 7) is 2.74. The Labute approximate surface area is 119 Å². The monoisotopic (exact) mass is 278 g/mol. The summed E-state index contributed by atoms with van der Waals surface area (Å²) in [6, 6.07) is 9.97. The number of benzene rings is 1. The van der Waals surface area contributed by atoms with Crippen molar-refractivity contribution < 1.29 is 4.42 Å². The van der Waals surface area contributed by atoms with Crippen LogP contribution in [0, 0.1) is 0 Å². The molecule has 0 saturated heterocycles. The molecule has 1 aromatic heterocycles. The zero-order chi connectivity index (χ0) is 13.8. The van der Waals surface area contributed by atoms with Crippen LogP contribution in [0.15, 0.2) is 34.7 Å². The Balaban J connectivity index is 2.01. The van der Waals surface area contributed by atoms with Crippen molar-refractivity contribution in [1.29, 1.82) is 0 Å². The van der Waals surface area contributed by atoms with E-state index in [2.05, 4.69) is 12.2 Å². The lowest BCUT2D eigenvalue weighted by atomic mass is 10.2. The Morgan fingerprint density at radius 1 is 1.16 bits per heavy atom. The minimum Gasteiger partial charge on any atom is -0.464 e. The number of hydrogen-bond donors (Lipinski definition) is 1. The van der Waals surface area contributed by atoms with Crippen molar-refractivity contribution in [2.24, 2.45) is 0 Å². The van der Waals surface area contributed by atoms with Crippen LogP contribution in [0.2, 0.25) is 5.02 Å². The van der Waals surface area contributed by atoms with Gasteiger partial charge in [-0.1, -0.05) is 18.5 Å². The first-order chi connectivity index (χ1) is 9.10. The van der Waals surface area contributed by atoms with Gasteiger partial charge in [-0.05, 0) is 30.3 Å². The molecule has 1 aromatic carbocycles. The highest BCUT2D eigenvalue weighted by Crippen LogP contribution is 2.27. The van der Waals surface area contributed by atoms with Gasteiger partial charge in [-0.15, -0.1) is 0 Å². The van der Waals surface area contributed by atoms with Crippen LogP contribution in [0.3, 0.4) is 0 Å². The van der Waals surface area contributed by atoms with Gasteiger partial charge in [0.15, 0.2) is 0 Å². The molecule has 1 N–H and O–H groups in total. The largest absolute Gasteiger partial charge is 0.464 e. The Kier molecular flexibility index (Phi) is 4.38. The maximum atomic E-state index is 6.23. The van der Waals surface area contributed by atoms with E-state index >= 15 is 0 Å². The molecule has 2 rings (SSSR count). The van der Waals surface area contributed by atoms with E-state index in [0.29, 0.717) is 6.54 Å². The normalized spacial score (nSPS) is 10.5. The quantitative estimate of drug-likeness (QED) is 0.890. The standard InChI is InChI=1S/C15H19ClN2O/c1-4-12-6-7-13(19-12)10-17-11-5-8-15(18(2)3)14(16)9-11/h5-9,17H,4,10H2,1-3H3. The Bertz CT molecular complexity index is 549. The summed E-state index contributed by atoms with van der Waals surface area (Å²) in [4.78, 5) is 1.99. The van der Waals surface area contributed by atoms with Gasteiger partial charge in [0.2, 0.25) is 0 Å². The van der Waals surface area contributed by atoms with Crippen LogP contribution in [0.5, 0.6) is 0 Å². The molecule has 0 aliphatic heterocycles. The van der Waals surface area contributed by atoms with E-state index in [1.807, 2.05) is 49.3 Å². The van der Waals surface area contributed by atoms with E-state index < -0.39 is 0 Å². The Hall–Kier alpha value is -1.61. The van der Waals surface area contributed by atoms with E-state index in [9.17, 15) is 0 Å². The van der Waals surface area contributed by atoms with Gasteiger partial charge in [-0.3, -0.25) is 0 Å². The van der Waals surface area contributed by atoms with Crippen molar-refractivity contribution in [2.75, 3.05) is 24.3 Å². The average Bonchev–Trinajstić information content (AvgIpc) is 2.84. The second kappa shape index (κ2) is 6.02. The molecule has 19 heavy (non-hydrogen) atoms. The number of anilines is 2. The second-order valence-corrected chi connectivity index (χ2v) is 5.04. The second-order valence-electron chi connectivity index (χ2n) is 4.64. The minimum absolute atomic E-state index is 0.664. The van der Waals surface area contributed by atoms with Crippen LogP contribution in [0.1, 0.15) is 18.4 Å². The summed E-state index contributed by atoms with van der Waals surface area (Å²) in [5, 5.41) is 4.05. The average molecular weight is 279 g/mol. The molecule has 4 heteroatoms. The molecule has 0 radical (unpaired) electrons. The molecule has 0 spiro atoms. The predicted octanol–water partition coefficient (Wildman–Crippen LogP) is 4.17. The molecule has 0 saturated carbocycles. The van der Waals surface area contributed by atoms with Crippen molar-refractivity contribution >= 4 is 23.0 Å². The lowest BCUT2D eigenvalue weighted by molar-refractivity contribution is 0.476. The van der Waals surface area contributed by atoms with Gasteiger partial charge >= 0.3 is 0 Å². The fourth-order valence-electron chi connectivity index (χ4n) is 1.88. The summed E-state index contributed by atoms with van der Waals surface area (Å²) >= 11 is 6.23. The number of nitrogens with one attached hydrogen (secondary N) is 1. The SMILES string of the molecule is CCc1ccc(CNc2ccc(N(C)C)c(Cl)c2)o1. The number of nitrogens with zero attached hydrogens (tertiary/aromatic N) is 1. The van der Waals surface area contributed by atoms with E-state index in [0.717, 1.165) is 34.3 Å². The first-order valence-corrected chi connectivity index (χ1v) is 6.76. The van der Waals surface area contributed by atoms with Crippen LogP contribution in [-0.2, 0) is 13.0 Å². The van der Waals surface area contributed by atoms with Gasteiger partial charge < -0.3 is 14.6 Å². The molecule has 0 fully saturated rings. The third-order valence-corrected chi connectivity index (χ3v) is 3.26. The first kappa shape index (κ1) is 13.8. The Morgan fingerprint density at radius 3 is 2.47 bits per heavy atom.